The highest BCUT2D eigenvalue weighted by Gasteiger charge is 2.30. The van der Waals surface area contributed by atoms with Crippen molar-refractivity contribution in [1.82, 2.24) is 10.2 Å². The summed E-state index contributed by atoms with van der Waals surface area (Å²) in [7, 11) is -1.07. The van der Waals surface area contributed by atoms with Gasteiger partial charge in [0.2, 0.25) is 5.91 Å². The van der Waals surface area contributed by atoms with Crippen molar-refractivity contribution in [2.75, 3.05) is 25.1 Å². The van der Waals surface area contributed by atoms with Crippen molar-refractivity contribution in [1.29, 1.82) is 0 Å². The molecular formula is C11H20N2O3S. The largest absolute Gasteiger partial charge is 0.342 e. The van der Waals surface area contributed by atoms with Gasteiger partial charge in [-0.1, -0.05) is 0 Å². The Morgan fingerprint density at radius 2 is 2.06 bits per heavy atom. The SMILES string of the molecule is CN(C(=O)CNC1CCCS(=O)(=O)C1)C1CC1. The summed E-state index contributed by atoms with van der Waals surface area (Å²) in [6.45, 7) is 0.257. The summed E-state index contributed by atoms with van der Waals surface area (Å²) in [6, 6.07) is 0.365. The molecule has 1 unspecified atom stereocenters. The molecule has 0 radical (unpaired) electrons. The van der Waals surface area contributed by atoms with E-state index in [1.165, 1.54) is 0 Å². The third-order valence-corrected chi connectivity index (χ3v) is 5.31. The van der Waals surface area contributed by atoms with Crippen molar-refractivity contribution in [2.24, 2.45) is 0 Å². The molecule has 0 spiro atoms. The molecule has 0 aromatic carbocycles. The van der Waals surface area contributed by atoms with Gasteiger partial charge in [0.25, 0.3) is 0 Å². The molecule has 1 saturated carbocycles. The second-order valence-corrected chi connectivity index (χ2v) is 7.30. The number of carbonyl (C=O) groups excluding carboxylic acids is 1. The summed E-state index contributed by atoms with van der Waals surface area (Å²) >= 11 is 0. The number of hydrogen-bond acceptors (Lipinski definition) is 4. The van der Waals surface area contributed by atoms with Gasteiger partial charge in [0.15, 0.2) is 9.84 Å². The Kier molecular flexibility index (Phi) is 3.73. The van der Waals surface area contributed by atoms with Gasteiger partial charge in [-0.3, -0.25) is 4.79 Å². The first kappa shape index (κ1) is 12.8. The highest BCUT2D eigenvalue weighted by atomic mass is 32.2. The van der Waals surface area contributed by atoms with Crippen LogP contribution in [-0.4, -0.2) is 56.4 Å². The van der Waals surface area contributed by atoms with Crippen LogP contribution in [-0.2, 0) is 14.6 Å². The molecule has 2 fully saturated rings. The van der Waals surface area contributed by atoms with E-state index < -0.39 is 9.84 Å². The van der Waals surface area contributed by atoms with E-state index in [0.717, 1.165) is 19.3 Å². The average Bonchev–Trinajstić information content (AvgIpc) is 3.07. The van der Waals surface area contributed by atoms with Crippen molar-refractivity contribution in [3.05, 3.63) is 0 Å². The molecule has 2 rings (SSSR count). The molecule has 5 nitrogen and oxygen atoms in total. The zero-order valence-corrected chi connectivity index (χ0v) is 11.0. The molecule has 98 valence electrons. The molecule has 1 aliphatic heterocycles. The summed E-state index contributed by atoms with van der Waals surface area (Å²) in [4.78, 5) is 13.5. The highest BCUT2D eigenvalue weighted by Crippen LogP contribution is 2.25. The van der Waals surface area contributed by atoms with Gasteiger partial charge in [-0.25, -0.2) is 8.42 Å². The van der Waals surface area contributed by atoms with Gasteiger partial charge in [-0.2, -0.15) is 0 Å². The van der Waals surface area contributed by atoms with Gasteiger partial charge >= 0.3 is 0 Å². The minimum atomic E-state index is -2.89. The van der Waals surface area contributed by atoms with E-state index >= 15 is 0 Å². The van der Waals surface area contributed by atoms with Crippen LogP contribution in [0.4, 0.5) is 0 Å². The number of sulfone groups is 1. The van der Waals surface area contributed by atoms with Crippen LogP contribution in [0.25, 0.3) is 0 Å². The predicted octanol–water partition coefficient (Wildman–Crippen LogP) is -0.226. The summed E-state index contributed by atoms with van der Waals surface area (Å²) in [5.74, 6) is 0.532. The number of nitrogens with zero attached hydrogens (tertiary/aromatic N) is 1. The third-order valence-electron chi connectivity index (χ3n) is 3.49. The van der Waals surface area contributed by atoms with Crippen LogP contribution in [0.15, 0.2) is 0 Å². The summed E-state index contributed by atoms with van der Waals surface area (Å²) in [5.41, 5.74) is 0. The first-order valence-electron chi connectivity index (χ1n) is 6.17. The summed E-state index contributed by atoms with van der Waals surface area (Å²) < 4.78 is 22.8. The Morgan fingerprint density at radius 1 is 1.35 bits per heavy atom. The molecule has 0 bridgehead atoms. The van der Waals surface area contributed by atoms with Gasteiger partial charge in [0.1, 0.15) is 0 Å². The minimum Gasteiger partial charge on any atom is -0.342 e. The van der Waals surface area contributed by atoms with Crippen LogP contribution >= 0.6 is 0 Å². The Hall–Kier alpha value is -0.620. The molecule has 6 heteroatoms. The van der Waals surface area contributed by atoms with Gasteiger partial charge < -0.3 is 10.2 Å². The smallest absolute Gasteiger partial charge is 0.236 e. The maximum Gasteiger partial charge on any atom is 0.236 e. The lowest BCUT2D eigenvalue weighted by molar-refractivity contribution is -0.129. The summed E-state index contributed by atoms with van der Waals surface area (Å²) in [6.07, 6.45) is 3.74. The van der Waals surface area contributed by atoms with Gasteiger partial charge in [-0.05, 0) is 25.7 Å². The molecule has 1 atom stereocenters. The number of hydrogen-bond donors (Lipinski definition) is 1. The van der Waals surface area contributed by atoms with E-state index in [9.17, 15) is 13.2 Å². The maximum atomic E-state index is 11.7. The van der Waals surface area contributed by atoms with Gasteiger partial charge in [0, 0.05) is 19.1 Å². The number of likely N-dealkylation sites (N-methyl/N-ethyl adjacent to an activating group) is 1. The zero-order valence-electron chi connectivity index (χ0n) is 10.2. The molecule has 1 aliphatic carbocycles. The number of carbonyl (C=O) groups is 1. The van der Waals surface area contributed by atoms with Crippen molar-refractivity contribution >= 4 is 15.7 Å². The average molecular weight is 260 g/mol. The lowest BCUT2D eigenvalue weighted by Crippen LogP contribution is -2.45. The standard InChI is InChI=1S/C11H20N2O3S/c1-13(10-4-5-10)11(14)7-12-9-3-2-6-17(15,16)8-9/h9-10,12H,2-8H2,1H3. The minimum absolute atomic E-state index is 0.0506. The Morgan fingerprint density at radius 3 is 2.65 bits per heavy atom. The van der Waals surface area contributed by atoms with Crippen LogP contribution in [0, 0.1) is 0 Å². The molecule has 1 amide bonds. The molecule has 0 aromatic rings. The lowest BCUT2D eigenvalue weighted by Gasteiger charge is -2.24. The fourth-order valence-corrected chi connectivity index (χ4v) is 3.88. The van der Waals surface area contributed by atoms with Gasteiger partial charge in [0.05, 0.1) is 18.1 Å². The van der Waals surface area contributed by atoms with Crippen molar-refractivity contribution < 1.29 is 13.2 Å². The van der Waals surface area contributed by atoms with E-state index in [1.54, 1.807) is 4.90 Å². The fourth-order valence-electron chi connectivity index (χ4n) is 2.21. The Bertz CT molecular complexity index is 390. The van der Waals surface area contributed by atoms with Crippen LogP contribution in [0.2, 0.25) is 0 Å². The molecule has 2 aliphatic rings. The normalized spacial score (nSPS) is 27.7. The molecule has 1 saturated heterocycles. The second kappa shape index (κ2) is 4.94. The Balaban J connectivity index is 1.75. The topological polar surface area (TPSA) is 66.5 Å². The van der Waals surface area contributed by atoms with Crippen LogP contribution in [0.3, 0.4) is 0 Å². The quantitative estimate of drug-likeness (QED) is 0.758. The van der Waals surface area contributed by atoms with Crippen molar-refractivity contribution in [2.45, 2.75) is 37.8 Å². The monoisotopic (exact) mass is 260 g/mol. The van der Waals surface area contributed by atoms with E-state index in [0.29, 0.717) is 18.2 Å². The first-order valence-corrected chi connectivity index (χ1v) is 7.99. The second-order valence-electron chi connectivity index (χ2n) is 5.07. The zero-order chi connectivity index (χ0) is 12.5. The third kappa shape index (κ3) is 3.67. The molecule has 1 N–H and O–H groups in total. The van der Waals surface area contributed by atoms with E-state index in [1.807, 2.05) is 7.05 Å². The Labute approximate surface area is 102 Å². The highest BCUT2D eigenvalue weighted by molar-refractivity contribution is 7.91. The summed E-state index contributed by atoms with van der Waals surface area (Å²) in [5, 5.41) is 3.07. The van der Waals surface area contributed by atoms with Gasteiger partial charge in [-0.15, -0.1) is 0 Å². The number of nitrogens with one attached hydrogen (secondary N) is 1. The number of amides is 1. The molecule has 0 aromatic heterocycles. The van der Waals surface area contributed by atoms with Crippen LogP contribution < -0.4 is 5.32 Å². The van der Waals surface area contributed by atoms with Crippen molar-refractivity contribution in [3.8, 4) is 0 Å². The predicted molar refractivity (Wildman–Crippen MR) is 65.5 cm³/mol. The van der Waals surface area contributed by atoms with Crippen LogP contribution in [0.5, 0.6) is 0 Å². The fraction of sp³-hybridized carbons (Fsp3) is 0.909. The van der Waals surface area contributed by atoms with Crippen LogP contribution in [0.1, 0.15) is 25.7 Å². The lowest BCUT2D eigenvalue weighted by atomic mass is 10.2. The molecule has 1 heterocycles. The van der Waals surface area contributed by atoms with Crippen molar-refractivity contribution in [3.63, 3.8) is 0 Å². The maximum absolute atomic E-state index is 11.7. The van der Waals surface area contributed by atoms with E-state index in [-0.39, 0.29) is 24.2 Å². The van der Waals surface area contributed by atoms with E-state index in [2.05, 4.69) is 5.32 Å². The molecule has 17 heavy (non-hydrogen) atoms. The molecular weight excluding hydrogens is 240 g/mol. The van der Waals surface area contributed by atoms with E-state index in [4.69, 9.17) is 0 Å². The number of rotatable bonds is 4. The first-order chi connectivity index (χ1) is 7.98.